The number of nitrogens with one attached hydrogen (secondary N) is 1. The van der Waals surface area contributed by atoms with E-state index in [-0.39, 0.29) is 0 Å². The Hall–Kier alpha value is -1.95. The number of hydrogen-bond acceptors (Lipinski definition) is 6. The van der Waals surface area contributed by atoms with Gasteiger partial charge in [0.15, 0.2) is 0 Å². The van der Waals surface area contributed by atoms with Gasteiger partial charge in [-0.15, -0.1) is 5.10 Å². The summed E-state index contributed by atoms with van der Waals surface area (Å²) in [5.41, 5.74) is 2.01. The maximum atomic E-state index is 5.65. The summed E-state index contributed by atoms with van der Waals surface area (Å²) in [5.74, 6) is 0.609. The van der Waals surface area contributed by atoms with Gasteiger partial charge in [0.25, 0.3) is 0 Å². The van der Waals surface area contributed by atoms with Crippen LogP contribution in [-0.4, -0.2) is 28.3 Å². The normalized spacial score (nSPS) is 10.8. The average molecular weight is 275 g/mol. The summed E-state index contributed by atoms with van der Waals surface area (Å²) in [6.07, 6.45) is 0. The van der Waals surface area contributed by atoms with E-state index in [1.165, 1.54) is 0 Å². The van der Waals surface area contributed by atoms with Crippen LogP contribution < -0.4 is 10.2 Å². The van der Waals surface area contributed by atoms with Gasteiger partial charge in [0.2, 0.25) is 5.89 Å². The van der Waals surface area contributed by atoms with Crippen LogP contribution in [0.2, 0.25) is 0 Å². The first-order valence-corrected chi connectivity index (χ1v) is 6.93. The average Bonchev–Trinajstić information content (AvgIpc) is 2.91. The standard InChI is InChI=1S/C14H21N5O/c1-4-15-9-13-17-18-14(20-13)19(5-2)10-12-8-6-7-11(3)16-12/h6-8,15H,4-5,9-10H2,1-3H3. The van der Waals surface area contributed by atoms with Crippen LogP contribution in [0.4, 0.5) is 6.01 Å². The highest BCUT2D eigenvalue weighted by molar-refractivity contribution is 5.26. The number of aromatic nitrogens is 3. The van der Waals surface area contributed by atoms with Gasteiger partial charge in [-0.25, -0.2) is 0 Å². The third kappa shape index (κ3) is 3.77. The van der Waals surface area contributed by atoms with Gasteiger partial charge in [-0.1, -0.05) is 18.1 Å². The van der Waals surface area contributed by atoms with E-state index < -0.39 is 0 Å². The third-order valence-corrected chi connectivity index (χ3v) is 2.93. The molecule has 0 saturated carbocycles. The van der Waals surface area contributed by atoms with Crippen LogP contribution in [0.15, 0.2) is 22.6 Å². The molecule has 0 aliphatic heterocycles. The zero-order valence-corrected chi connectivity index (χ0v) is 12.3. The van der Waals surface area contributed by atoms with Crippen LogP contribution >= 0.6 is 0 Å². The third-order valence-electron chi connectivity index (χ3n) is 2.93. The second kappa shape index (κ2) is 7.00. The highest BCUT2D eigenvalue weighted by atomic mass is 16.4. The molecular weight excluding hydrogens is 254 g/mol. The monoisotopic (exact) mass is 275 g/mol. The van der Waals surface area contributed by atoms with Crippen LogP contribution in [0.25, 0.3) is 0 Å². The Morgan fingerprint density at radius 2 is 2.10 bits per heavy atom. The van der Waals surface area contributed by atoms with Gasteiger partial charge < -0.3 is 14.6 Å². The van der Waals surface area contributed by atoms with E-state index in [4.69, 9.17) is 4.42 Å². The lowest BCUT2D eigenvalue weighted by molar-refractivity contribution is 0.464. The molecule has 0 unspecified atom stereocenters. The fraction of sp³-hybridized carbons (Fsp3) is 0.500. The molecule has 2 heterocycles. The molecule has 0 fully saturated rings. The number of rotatable bonds is 7. The van der Waals surface area contributed by atoms with Gasteiger partial charge in [0.1, 0.15) is 0 Å². The highest BCUT2D eigenvalue weighted by Gasteiger charge is 2.13. The number of anilines is 1. The summed E-state index contributed by atoms with van der Waals surface area (Å²) in [6, 6.07) is 6.55. The Labute approximate surface area is 119 Å². The number of aryl methyl sites for hydroxylation is 1. The summed E-state index contributed by atoms with van der Waals surface area (Å²) in [7, 11) is 0. The predicted molar refractivity (Wildman–Crippen MR) is 77.4 cm³/mol. The maximum Gasteiger partial charge on any atom is 0.318 e. The smallest absolute Gasteiger partial charge is 0.318 e. The van der Waals surface area contributed by atoms with Gasteiger partial charge in [-0.2, -0.15) is 0 Å². The van der Waals surface area contributed by atoms with Gasteiger partial charge in [-0.3, -0.25) is 4.98 Å². The minimum atomic E-state index is 0.545. The molecule has 0 bridgehead atoms. The van der Waals surface area contributed by atoms with Crippen molar-refractivity contribution < 1.29 is 4.42 Å². The molecule has 0 aliphatic carbocycles. The summed E-state index contributed by atoms with van der Waals surface area (Å²) < 4.78 is 5.65. The Bertz CT molecular complexity index is 540. The van der Waals surface area contributed by atoms with Crippen molar-refractivity contribution in [3.05, 3.63) is 35.5 Å². The van der Waals surface area contributed by atoms with Crippen molar-refractivity contribution in [1.82, 2.24) is 20.5 Å². The fourth-order valence-electron chi connectivity index (χ4n) is 1.87. The fourth-order valence-corrected chi connectivity index (χ4v) is 1.87. The number of hydrogen-bond donors (Lipinski definition) is 1. The molecule has 20 heavy (non-hydrogen) atoms. The summed E-state index contributed by atoms with van der Waals surface area (Å²) in [4.78, 5) is 6.52. The van der Waals surface area contributed by atoms with Crippen molar-refractivity contribution in [1.29, 1.82) is 0 Å². The quantitative estimate of drug-likeness (QED) is 0.832. The summed E-state index contributed by atoms with van der Waals surface area (Å²) in [5, 5.41) is 11.3. The van der Waals surface area contributed by atoms with E-state index in [1.54, 1.807) is 0 Å². The molecule has 0 atom stereocenters. The van der Waals surface area contributed by atoms with E-state index in [9.17, 15) is 0 Å². The second-order valence-electron chi connectivity index (χ2n) is 4.54. The number of nitrogens with zero attached hydrogens (tertiary/aromatic N) is 4. The van der Waals surface area contributed by atoms with Gasteiger partial charge in [-0.05, 0) is 32.5 Å². The SMILES string of the molecule is CCNCc1nnc(N(CC)Cc2cccc(C)n2)o1. The van der Waals surface area contributed by atoms with Crippen molar-refractivity contribution in [2.75, 3.05) is 18.0 Å². The van der Waals surface area contributed by atoms with Gasteiger partial charge >= 0.3 is 6.01 Å². The first-order chi connectivity index (χ1) is 9.72. The molecule has 0 amide bonds. The Morgan fingerprint density at radius 1 is 1.25 bits per heavy atom. The molecule has 0 radical (unpaired) electrons. The molecule has 2 rings (SSSR count). The minimum Gasteiger partial charge on any atom is -0.407 e. The summed E-state index contributed by atoms with van der Waals surface area (Å²) in [6.45, 7) is 9.02. The Kier molecular flexibility index (Phi) is 5.06. The van der Waals surface area contributed by atoms with E-state index in [0.717, 1.165) is 24.5 Å². The van der Waals surface area contributed by atoms with Crippen LogP contribution in [-0.2, 0) is 13.1 Å². The van der Waals surface area contributed by atoms with Crippen LogP contribution in [0.5, 0.6) is 0 Å². The molecule has 0 aliphatic rings. The van der Waals surface area contributed by atoms with E-state index in [0.29, 0.717) is 25.0 Å². The van der Waals surface area contributed by atoms with Gasteiger partial charge in [0.05, 0.1) is 18.8 Å². The second-order valence-corrected chi connectivity index (χ2v) is 4.54. The van der Waals surface area contributed by atoms with Crippen molar-refractivity contribution in [2.45, 2.75) is 33.9 Å². The molecule has 0 saturated heterocycles. The molecule has 2 aromatic heterocycles. The minimum absolute atomic E-state index is 0.545. The van der Waals surface area contributed by atoms with E-state index >= 15 is 0 Å². The van der Waals surface area contributed by atoms with E-state index in [2.05, 4.69) is 27.4 Å². The predicted octanol–water partition coefficient (Wildman–Crippen LogP) is 1.91. The molecule has 0 spiro atoms. The molecule has 108 valence electrons. The van der Waals surface area contributed by atoms with Crippen molar-refractivity contribution in [2.24, 2.45) is 0 Å². The lowest BCUT2D eigenvalue weighted by atomic mass is 10.3. The summed E-state index contributed by atoms with van der Waals surface area (Å²) >= 11 is 0. The van der Waals surface area contributed by atoms with Crippen LogP contribution in [0.3, 0.4) is 0 Å². The zero-order chi connectivity index (χ0) is 14.4. The molecule has 2 aromatic rings. The molecule has 0 aromatic carbocycles. The Morgan fingerprint density at radius 3 is 2.80 bits per heavy atom. The van der Waals surface area contributed by atoms with Gasteiger partial charge in [0, 0.05) is 12.2 Å². The lowest BCUT2D eigenvalue weighted by Gasteiger charge is -2.17. The molecular formula is C14H21N5O. The first kappa shape index (κ1) is 14.5. The largest absolute Gasteiger partial charge is 0.407 e. The van der Waals surface area contributed by atoms with Crippen LogP contribution in [0.1, 0.15) is 31.1 Å². The molecule has 6 heteroatoms. The number of pyridine rings is 1. The maximum absolute atomic E-state index is 5.65. The van der Waals surface area contributed by atoms with Crippen molar-refractivity contribution >= 4 is 6.01 Å². The molecule has 6 nitrogen and oxygen atoms in total. The van der Waals surface area contributed by atoms with Crippen molar-refractivity contribution in [3.63, 3.8) is 0 Å². The lowest BCUT2D eigenvalue weighted by Crippen LogP contribution is -2.23. The zero-order valence-electron chi connectivity index (χ0n) is 12.3. The topological polar surface area (TPSA) is 67.1 Å². The molecule has 1 N–H and O–H groups in total. The van der Waals surface area contributed by atoms with E-state index in [1.807, 2.05) is 36.9 Å². The van der Waals surface area contributed by atoms with Crippen molar-refractivity contribution in [3.8, 4) is 0 Å². The Balaban J connectivity index is 2.06. The van der Waals surface area contributed by atoms with Crippen LogP contribution in [0, 0.1) is 6.92 Å². The first-order valence-electron chi connectivity index (χ1n) is 6.93. The highest BCUT2D eigenvalue weighted by Crippen LogP contribution is 2.14.